The maximum atomic E-state index is 12.2. The van der Waals surface area contributed by atoms with Crippen molar-refractivity contribution in [1.82, 2.24) is 10.0 Å². The molecule has 0 saturated carbocycles. The molecule has 2 N–H and O–H groups in total. The lowest BCUT2D eigenvalue weighted by Gasteiger charge is -2.25. The Balaban J connectivity index is 2.03. The summed E-state index contributed by atoms with van der Waals surface area (Å²) < 4.78 is 27.2. The van der Waals surface area contributed by atoms with Crippen LogP contribution in [0, 0.1) is 0 Å². The largest absolute Gasteiger partial charge is 0.315 e. The Kier molecular flexibility index (Phi) is 4.37. The highest BCUT2D eigenvalue weighted by atomic mass is 32.2. The van der Waals surface area contributed by atoms with Crippen LogP contribution < -0.4 is 10.0 Å². The minimum absolute atomic E-state index is 0.182. The maximum absolute atomic E-state index is 12.2. The van der Waals surface area contributed by atoms with Crippen LogP contribution in [0.15, 0.2) is 30.3 Å². The van der Waals surface area contributed by atoms with Gasteiger partial charge in [-0.25, -0.2) is 13.1 Å². The zero-order valence-electron chi connectivity index (χ0n) is 10.6. The molecule has 0 bridgehead atoms. The molecule has 100 valence electrons. The Morgan fingerprint density at radius 1 is 1.33 bits per heavy atom. The molecule has 1 aromatic rings. The minimum atomic E-state index is -3.24. The van der Waals surface area contributed by atoms with Gasteiger partial charge in [0.15, 0.2) is 0 Å². The van der Waals surface area contributed by atoms with Gasteiger partial charge in [0.05, 0.1) is 5.25 Å². The number of nitrogens with one attached hydrogen (secondary N) is 2. The summed E-state index contributed by atoms with van der Waals surface area (Å²) in [4.78, 5) is 0. The van der Waals surface area contributed by atoms with Gasteiger partial charge >= 0.3 is 0 Å². The summed E-state index contributed by atoms with van der Waals surface area (Å²) in [6.07, 6.45) is 1.66. The third kappa shape index (κ3) is 3.31. The molecule has 0 spiro atoms. The molecule has 1 saturated heterocycles. The van der Waals surface area contributed by atoms with E-state index in [1.165, 1.54) is 0 Å². The minimum Gasteiger partial charge on any atom is -0.315 e. The van der Waals surface area contributed by atoms with E-state index in [1.807, 2.05) is 37.3 Å². The second-order valence-corrected chi connectivity index (χ2v) is 6.76. The molecule has 4 nitrogen and oxygen atoms in total. The lowest BCUT2D eigenvalue weighted by Crippen LogP contribution is -2.44. The van der Waals surface area contributed by atoms with Gasteiger partial charge in [-0.1, -0.05) is 30.3 Å². The molecular formula is C13H20N2O2S. The van der Waals surface area contributed by atoms with E-state index in [0.29, 0.717) is 6.54 Å². The molecule has 2 rings (SSSR count). The number of rotatable bonds is 4. The standard InChI is InChI=1S/C13H20N2O2S/c1-11(12-6-3-2-4-7-12)15-18(16,17)13-8-5-9-14-10-13/h2-4,6-7,11,13-15H,5,8-10H2,1H3. The van der Waals surface area contributed by atoms with E-state index >= 15 is 0 Å². The fourth-order valence-electron chi connectivity index (χ4n) is 2.24. The Morgan fingerprint density at radius 2 is 2.06 bits per heavy atom. The molecule has 1 aliphatic rings. The highest BCUT2D eigenvalue weighted by Gasteiger charge is 2.28. The molecule has 1 aliphatic heterocycles. The van der Waals surface area contributed by atoms with Crippen LogP contribution in [0.4, 0.5) is 0 Å². The lowest BCUT2D eigenvalue weighted by atomic mass is 10.1. The molecule has 0 aromatic heterocycles. The van der Waals surface area contributed by atoms with E-state index in [4.69, 9.17) is 0 Å². The summed E-state index contributed by atoms with van der Waals surface area (Å²) in [6, 6.07) is 9.46. The first-order valence-corrected chi connectivity index (χ1v) is 7.91. The zero-order chi connectivity index (χ0) is 13.0. The Bertz CT molecular complexity index is 467. The van der Waals surface area contributed by atoms with E-state index < -0.39 is 10.0 Å². The second kappa shape index (κ2) is 5.82. The summed E-state index contributed by atoms with van der Waals surface area (Å²) in [5, 5.41) is 2.83. The Morgan fingerprint density at radius 3 is 2.67 bits per heavy atom. The Hall–Kier alpha value is -0.910. The van der Waals surface area contributed by atoms with E-state index in [-0.39, 0.29) is 11.3 Å². The van der Waals surface area contributed by atoms with E-state index in [9.17, 15) is 8.42 Å². The molecule has 2 atom stereocenters. The van der Waals surface area contributed by atoms with Crippen molar-refractivity contribution in [3.63, 3.8) is 0 Å². The summed E-state index contributed by atoms with van der Waals surface area (Å²) in [5.41, 5.74) is 0.991. The molecule has 1 fully saturated rings. The van der Waals surface area contributed by atoms with Gasteiger partial charge in [-0.05, 0) is 31.9 Å². The molecular weight excluding hydrogens is 248 g/mol. The molecule has 18 heavy (non-hydrogen) atoms. The van der Waals surface area contributed by atoms with Crippen molar-refractivity contribution in [2.24, 2.45) is 0 Å². The SMILES string of the molecule is CC(NS(=O)(=O)C1CCCNC1)c1ccccc1. The van der Waals surface area contributed by atoms with Crippen molar-refractivity contribution in [1.29, 1.82) is 0 Å². The van der Waals surface area contributed by atoms with Gasteiger partial charge in [-0.3, -0.25) is 0 Å². The van der Waals surface area contributed by atoms with Gasteiger partial charge in [0.25, 0.3) is 0 Å². The van der Waals surface area contributed by atoms with Crippen LogP contribution in [0.2, 0.25) is 0 Å². The second-order valence-electron chi connectivity index (χ2n) is 4.76. The van der Waals surface area contributed by atoms with Gasteiger partial charge in [-0.2, -0.15) is 0 Å². The number of piperidine rings is 1. The zero-order valence-corrected chi connectivity index (χ0v) is 11.4. The first kappa shape index (κ1) is 13.5. The van der Waals surface area contributed by atoms with Gasteiger partial charge in [-0.15, -0.1) is 0 Å². The molecule has 0 amide bonds. The summed E-state index contributed by atoms with van der Waals surface area (Å²) >= 11 is 0. The van der Waals surface area contributed by atoms with Crippen LogP contribution in [-0.4, -0.2) is 26.8 Å². The van der Waals surface area contributed by atoms with Crippen molar-refractivity contribution in [2.75, 3.05) is 13.1 Å². The van der Waals surface area contributed by atoms with Gasteiger partial charge < -0.3 is 5.32 Å². The molecule has 0 radical (unpaired) electrons. The van der Waals surface area contributed by atoms with Gasteiger partial charge in [0.1, 0.15) is 0 Å². The Labute approximate surface area is 109 Å². The van der Waals surface area contributed by atoms with Crippen molar-refractivity contribution < 1.29 is 8.42 Å². The van der Waals surface area contributed by atoms with Crippen molar-refractivity contribution in [3.05, 3.63) is 35.9 Å². The van der Waals surface area contributed by atoms with Crippen molar-refractivity contribution in [2.45, 2.75) is 31.1 Å². The van der Waals surface area contributed by atoms with Crippen LogP contribution >= 0.6 is 0 Å². The number of hydrogen-bond donors (Lipinski definition) is 2. The molecule has 5 heteroatoms. The molecule has 1 heterocycles. The lowest BCUT2D eigenvalue weighted by molar-refractivity contribution is 0.485. The maximum Gasteiger partial charge on any atom is 0.216 e. The normalized spacial score (nSPS) is 22.6. The quantitative estimate of drug-likeness (QED) is 0.868. The van der Waals surface area contributed by atoms with Crippen molar-refractivity contribution >= 4 is 10.0 Å². The van der Waals surface area contributed by atoms with Gasteiger partial charge in [0, 0.05) is 12.6 Å². The topological polar surface area (TPSA) is 58.2 Å². The molecule has 1 aromatic carbocycles. The third-order valence-electron chi connectivity index (χ3n) is 3.33. The van der Waals surface area contributed by atoms with E-state index in [2.05, 4.69) is 10.0 Å². The monoisotopic (exact) mass is 268 g/mol. The number of benzene rings is 1. The summed E-state index contributed by atoms with van der Waals surface area (Å²) in [7, 11) is -3.24. The molecule has 0 aliphatic carbocycles. The van der Waals surface area contributed by atoms with Gasteiger partial charge in [0.2, 0.25) is 10.0 Å². The number of hydrogen-bond acceptors (Lipinski definition) is 3. The average molecular weight is 268 g/mol. The van der Waals surface area contributed by atoms with Crippen LogP contribution in [-0.2, 0) is 10.0 Å². The van der Waals surface area contributed by atoms with Crippen LogP contribution in [0.3, 0.4) is 0 Å². The summed E-state index contributed by atoms with van der Waals surface area (Å²) in [5.74, 6) is 0. The fourth-order valence-corrected chi connectivity index (χ4v) is 3.87. The number of sulfonamides is 1. The van der Waals surface area contributed by atoms with Crippen LogP contribution in [0.5, 0.6) is 0 Å². The van der Waals surface area contributed by atoms with E-state index in [1.54, 1.807) is 0 Å². The molecule has 2 unspecified atom stereocenters. The summed E-state index contributed by atoms with van der Waals surface area (Å²) in [6.45, 7) is 3.35. The fraction of sp³-hybridized carbons (Fsp3) is 0.538. The van der Waals surface area contributed by atoms with Crippen molar-refractivity contribution in [3.8, 4) is 0 Å². The van der Waals surface area contributed by atoms with E-state index in [0.717, 1.165) is 24.9 Å². The third-order valence-corrected chi connectivity index (χ3v) is 5.29. The first-order chi connectivity index (χ1) is 8.59. The van der Waals surface area contributed by atoms with Crippen LogP contribution in [0.1, 0.15) is 31.4 Å². The van der Waals surface area contributed by atoms with Crippen LogP contribution in [0.25, 0.3) is 0 Å². The highest BCUT2D eigenvalue weighted by Crippen LogP contribution is 2.17. The predicted octanol–water partition coefficient (Wildman–Crippen LogP) is 1.42. The average Bonchev–Trinajstić information content (AvgIpc) is 2.40. The first-order valence-electron chi connectivity index (χ1n) is 6.36. The highest BCUT2D eigenvalue weighted by molar-refractivity contribution is 7.90. The predicted molar refractivity (Wildman–Crippen MR) is 72.8 cm³/mol. The smallest absolute Gasteiger partial charge is 0.216 e.